The van der Waals surface area contributed by atoms with Crippen molar-refractivity contribution in [3.63, 3.8) is 0 Å². The van der Waals surface area contributed by atoms with Crippen LogP contribution < -0.4 is 10.1 Å². The van der Waals surface area contributed by atoms with Gasteiger partial charge in [-0.3, -0.25) is 0 Å². The Labute approximate surface area is 115 Å². The Kier molecular flexibility index (Phi) is 4.48. The Bertz CT molecular complexity index is 543. The summed E-state index contributed by atoms with van der Waals surface area (Å²) in [6, 6.07) is 9.09. The van der Waals surface area contributed by atoms with Crippen molar-refractivity contribution in [3.05, 3.63) is 30.0 Å². The van der Waals surface area contributed by atoms with E-state index in [-0.39, 0.29) is 0 Å². The first-order chi connectivity index (χ1) is 9.17. The molecule has 0 aliphatic heterocycles. The zero-order valence-corrected chi connectivity index (χ0v) is 12.4. The quantitative estimate of drug-likeness (QED) is 0.806. The first kappa shape index (κ1) is 13.9. The van der Waals surface area contributed by atoms with E-state index < -0.39 is 0 Å². The number of nitrogens with zero attached hydrogens (tertiary/aromatic N) is 1. The summed E-state index contributed by atoms with van der Waals surface area (Å²) in [5, 5.41) is 4.51. The van der Waals surface area contributed by atoms with Gasteiger partial charge in [0, 0.05) is 23.2 Å². The number of fused-ring (bicyclic) bond motifs is 1. The number of aromatic nitrogens is 1. The summed E-state index contributed by atoms with van der Waals surface area (Å²) in [5.41, 5.74) is 2.68. The molecule has 0 bridgehead atoms. The van der Waals surface area contributed by atoms with E-state index in [0.29, 0.717) is 6.04 Å². The number of aryl methyl sites for hydroxylation is 1. The van der Waals surface area contributed by atoms with Crippen molar-refractivity contribution in [2.75, 3.05) is 20.7 Å². The van der Waals surface area contributed by atoms with Crippen LogP contribution in [0, 0.1) is 0 Å². The second-order valence-corrected chi connectivity index (χ2v) is 5.23. The third-order valence-electron chi connectivity index (χ3n) is 3.50. The predicted molar refractivity (Wildman–Crippen MR) is 81.1 cm³/mol. The summed E-state index contributed by atoms with van der Waals surface area (Å²) in [6.07, 6.45) is 2.27. The fourth-order valence-corrected chi connectivity index (χ4v) is 2.63. The zero-order valence-electron chi connectivity index (χ0n) is 12.4. The Morgan fingerprint density at radius 3 is 2.68 bits per heavy atom. The summed E-state index contributed by atoms with van der Waals surface area (Å²) < 4.78 is 7.77. The van der Waals surface area contributed by atoms with Crippen LogP contribution in [0.4, 0.5) is 0 Å². The van der Waals surface area contributed by atoms with Crippen LogP contribution >= 0.6 is 0 Å². The molecular weight excluding hydrogens is 236 g/mol. The molecule has 1 aromatic heterocycles. The molecule has 1 aromatic carbocycles. The SMILES string of the molecule is CNCCCc1cc2ccc(OC)cc2n1C(C)C. The molecule has 0 aliphatic carbocycles. The molecule has 3 nitrogen and oxygen atoms in total. The van der Waals surface area contributed by atoms with Crippen LogP contribution in [-0.4, -0.2) is 25.3 Å². The molecule has 2 rings (SSSR count). The van der Waals surface area contributed by atoms with Gasteiger partial charge in [-0.15, -0.1) is 0 Å². The second-order valence-electron chi connectivity index (χ2n) is 5.23. The van der Waals surface area contributed by atoms with Crippen LogP contribution in [0.2, 0.25) is 0 Å². The standard InChI is InChI=1S/C16H24N2O/c1-12(2)18-14(6-5-9-17-3)10-13-7-8-15(19-4)11-16(13)18/h7-8,10-12,17H,5-6,9H2,1-4H3. The maximum Gasteiger partial charge on any atom is 0.120 e. The summed E-state index contributed by atoms with van der Waals surface area (Å²) in [5.74, 6) is 0.925. The summed E-state index contributed by atoms with van der Waals surface area (Å²) in [7, 11) is 3.72. The molecule has 1 N–H and O–H groups in total. The summed E-state index contributed by atoms with van der Waals surface area (Å²) >= 11 is 0. The Hall–Kier alpha value is -1.48. The van der Waals surface area contributed by atoms with Gasteiger partial charge in [-0.1, -0.05) is 0 Å². The molecule has 0 spiro atoms. The highest BCUT2D eigenvalue weighted by atomic mass is 16.5. The zero-order chi connectivity index (χ0) is 13.8. The first-order valence-electron chi connectivity index (χ1n) is 6.99. The predicted octanol–water partition coefficient (Wildman–Crippen LogP) is 3.38. The summed E-state index contributed by atoms with van der Waals surface area (Å²) in [4.78, 5) is 0. The number of hydrogen-bond acceptors (Lipinski definition) is 2. The lowest BCUT2D eigenvalue weighted by atomic mass is 10.2. The van der Waals surface area contributed by atoms with Gasteiger partial charge in [0.1, 0.15) is 5.75 Å². The third kappa shape index (κ3) is 2.92. The molecule has 0 saturated heterocycles. The molecule has 0 amide bonds. The van der Waals surface area contributed by atoms with E-state index in [1.165, 1.54) is 16.6 Å². The molecule has 3 heteroatoms. The van der Waals surface area contributed by atoms with Gasteiger partial charge in [-0.25, -0.2) is 0 Å². The highest BCUT2D eigenvalue weighted by Crippen LogP contribution is 2.28. The van der Waals surface area contributed by atoms with Gasteiger partial charge in [0.05, 0.1) is 12.6 Å². The lowest BCUT2D eigenvalue weighted by Crippen LogP contribution is -2.11. The molecule has 19 heavy (non-hydrogen) atoms. The maximum atomic E-state index is 5.34. The molecule has 0 radical (unpaired) electrons. The molecule has 104 valence electrons. The van der Waals surface area contributed by atoms with E-state index in [4.69, 9.17) is 4.74 Å². The van der Waals surface area contributed by atoms with Crippen molar-refractivity contribution in [2.24, 2.45) is 0 Å². The first-order valence-corrected chi connectivity index (χ1v) is 6.99. The van der Waals surface area contributed by atoms with Crippen molar-refractivity contribution in [1.82, 2.24) is 9.88 Å². The van der Waals surface area contributed by atoms with Gasteiger partial charge >= 0.3 is 0 Å². The van der Waals surface area contributed by atoms with Gasteiger partial charge in [0.15, 0.2) is 0 Å². The highest BCUT2D eigenvalue weighted by Gasteiger charge is 2.11. The second kappa shape index (κ2) is 6.11. The summed E-state index contributed by atoms with van der Waals surface area (Å²) in [6.45, 7) is 5.53. The lowest BCUT2D eigenvalue weighted by Gasteiger charge is -2.15. The average Bonchev–Trinajstić information content (AvgIpc) is 2.76. The van der Waals surface area contributed by atoms with Gasteiger partial charge in [-0.05, 0) is 58.5 Å². The minimum atomic E-state index is 0.467. The van der Waals surface area contributed by atoms with Crippen LogP contribution in [0.1, 0.15) is 32.0 Å². The third-order valence-corrected chi connectivity index (χ3v) is 3.50. The molecule has 1 heterocycles. The van der Waals surface area contributed by atoms with E-state index in [1.54, 1.807) is 7.11 Å². The van der Waals surface area contributed by atoms with Gasteiger partial charge < -0.3 is 14.6 Å². The maximum absolute atomic E-state index is 5.34. The van der Waals surface area contributed by atoms with E-state index >= 15 is 0 Å². The lowest BCUT2D eigenvalue weighted by molar-refractivity contribution is 0.415. The van der Waals surface area contributed by atoms with Gasteiger partial charge in [0.25, 0.3) is 0 Å². The van der Waals surface area contributed by atoms with Crippen LogP contribution in [0.3, 0.4) is 0 Å². The van der Waals surface area contributed by atoms with Gasteiger partial charge in [0.2, 0.25) is 0 Å². The molecule has 2 aromatic rings. The van der Waals surface area contributed by atoms with Crippen molar-refractivity contribution in [1.29, 1.82) is 0 Å². The van der Waals surface area contributed by atoms with Crippen molar-refractivity contribution in [2.45, 2.75) is 32.7 Å². The van der Waals surface area contributed by atoms with E-state index in [0.717, 1.165) is 25.1 Å². The normalized spacial score (nSPS) is 11.4. The number of hydrogen-bond donors (Lipinski definition) is 1. The van der Waals surface area contributed by atoms with E-state index in [2.05, 4.69) is 41.9 Å². The molecular formula is C16H24N2O. The molecule has 0 aliphatic rings. The Morgan fingerprint density at radius 1 is 1.26 bits per heavy atom. The number of nitrogens with one attached hydrogen (secondary N) is 1. The average molecular weight is 260 g/mol. The van der Waals surface area contributed by atoms with Crippen LogP contribution in [0.5, 0.6) is 5.75 Å². The van der Waals surface area contributed by atoms with Crippen LogP contribution in [0.15, 0.2) is 24.3 Å². The largest absolute Gasteiger partial charge is 0.497 e. The Balaban J connectivity index is 2.42. The van der Waals surface area contributed by atoms with Gasteiger partial charge in [-0.2, -0.15) is 0 Å². The van der Waals surface area contributed by atoms with Crippen molar-refractivity contribution >= 4 is 10.9 Å². The number of methoxy groups -OCH3 is 1. The fourth-order valence-electron chi connectivity index (χ4n) is 2.63. The topological polar surface area (TPSA) is 26.2 Å². The molecule has 0 unspecified atom stereocenters. The minimum absolute atomic E-state index is 0.467. The number of benzene rings is 1. The fraction of sp³-hybridized carbons (Fsp3) is 0.500. The van der Waals surface area contributed by atoms with E-state index in [9.17, 15) is 0 Å². The highest BCUT2D eigenvalue weighted by molar-refractivity contribution is 5.83. The monoisotopic (exact) mass is 260 g/mol. The number of rotatable bonds is 6. The van der Waals surface area contributed by atoms with Crippen molar-refractivity contribution in [3.8, 4) is 5.75 Å². The van der Waals surface area contributed by atoms with E-state index in [1.807, 2.05) is 13.1 Å². The molecule has 0 fully saturated rings. The van der Waals surface area contributed by atoms with Crippen LogP contribution in [-0.2, 0) is 6.42 Å². The smallest absolute Gasteiger partial charge is 0.120 e. The Morgan fingerprint density at radius 2 is 2.05 bits per heavy atom. The minimum Gasteiger partial charge on any atom is -0.497 e. The molecule has 0 saturated carbocycles. The van der Waals surface area contributed by atoms with Crippen molar-refractivity contribution < 1.29 is 4.74 Å². The van der Waals surface area contributed by atoms with Crippen LogP contribution in [0.25, 0.3) is 10.9 Å². The molecule has 0 atom stereocenters. The number of ether oxygens (including phenoxy) is 1.